The summed E-state index contributed by atoms with van der Waals surface area (Å²) in [5, 5.41) is 12.7. The number of hydrogen-bond donors (Lipinski definition) is 1. The van der Waals surface area contributed by atoms with Crippen LogP contribution in [0.3, 0.4) is 0 Å². The molecule has 0 saturated heterocycles. The van der Waals surface area contributed by atoms with E-state index in [1.165, 1.54) is 5.56 Å². The summed E-state index contributed by atoms with van der Waals surface area (Å²) in [6.07, 6.45) is 1.72. The van der Waals surface area contributed by atoms with Crippen LogP contribution >= 0.6 is 22.9 Å². The highest BCUT2D eigenvalue weighted by molar-refractivity contribution is 7.08. The molecule has 3 nitrogen and oxygen atoms in total. The molecule has 0 aliphatic carbocycles. The molecule has 2 rings (SSSR count). The van der Waals surface area contributed by atoms with Crippen LogP contribution in [0.15, 0.2) is 23.0 Å². The number of rotatable bonds is 5. The van der Waals surface area contributed by atoms with Gasteiger partial charge >= 0.3 is 0 Å². The van der Waals surface area contributed by atoms with Crippen molar-refractivity contribution in [3.8, 4) is 0 Å². The van der Waals surface area contributed by atoms with Crippen molar-refractivity contribution in [3.63, 3.8) is 0 Å². The van der Waals surface area contributed by atoms with Crippen LogP contribution < -0.4 is 5.32 Å². The number of nitrogens with zero attached hydrogens (tertiary/aromatic N) is 2. The highest BCUT2D eigenvalue weighted by atomic mass is 35.5. The molecule has 17 heavy (non-hydrogen) atoms. The Morgan fingerprint density at radius 1 is 1.53 bits per heavy atom. The summed E-state index contributed by atoms with van der Waals surface area (Å²) in [6.45, 7) is 5.89. The van der Waals surface area contributed by atoms with Crippen molar-refractivity contribution in [2.24, 2.45) is 0 Å². The molecule has 2 aromatic heterocycles. The van der Waals surface area contributed by atoms with Gasteiger partial charge in [-0.3, -0.25) is 4.68 Å². The first-order valence-corrected chi connectivity index (χ1v) is 7.06. The van der Waals surface area contributed by atoms with Gasteiger partial charge in [0.1, 0.15) is 0 Å². The maximum absolute atomic E-state index is 6.25. The van der Waals surface area contributed by atoms with Crippen molar-refractivity contribution in [1.82, 2.24) is 15.1 Å². The zero-order valence-corrected chi connectivity index (χ0v) is 11.6. The third kappa shape index (κ3) is 2.54. The van der Waals surface area contributed by atoms with Gasteiger partial charge in [0.2, 0.25) is 0 Å². The van der Waals surface area contributed by atoms with Crippen LogP contribution in [-0.4, -0.2) is 16.3 Å². The maximum Gasteiger partial charge on any atom is 0.0837 e. The van der Waals surface area contributed by atoms with E-state index in [1.54, 1.807) is 17.5 Å². The molecule has 1 unspecified atom stereocenters. The van der Waals surface area contributed by atoms with Crippen molar-refractivity contribution in [2.45, 2.75) is 26.4 Å². The third-order valence-corrected chi connectivity index (χ3v) is 3.68. The Kier molecular flexibility index (Phi) is 4.20. The lowest BCUT2D eigenvalue weighted by molar-refractivity contribution is 0.543. The molecule has 92 valence electrons. The first kappa shape index (κ1) is 12.6. The van der Waals surface area contributed by atoms with Crippen molar-refractivity contribution in [3.05, 3.63) is 39.3 Å². The standard InChI is InChI=1S/C12H16ClN3S/c1-3-14-11(9-5-6-17-8-9)12-10(13)7-15-16(12)4-2/h5-8,11,14H,3-4H2,1-2H3. The summed E-state index contributed by atoms with van der Waals surface area (Å²) in [5.41, 5.74) is 2.29. The summed E-state index contributed by atoms with van der Waals surface area (Å²) in [5.74, 6) is 0. The van der Waals surface area contributed by atoms with Gasteiger partial charge < -0.3 is 5.32 Å². The van der Waals surface area contributed by atoms with Crippen molar-refractivity contribution in [1.29, 1.82) is 0 Å². The van der Waals surface area contributed by atoms with E-state index in [4.69, 9.17) is 11.6 Å². The predicted octanol–water partition coefficient (Wildman–Crippen LogP) is 3.32. The van der Waals surface area contributed by atoms with E-state index in [2.05, 4.69) is 41.1 Å². The van der Waals surface area contributed by atoms with Crippen LogP contribution in [0, 0.1) is 0 Å². The molecule has 0 saturated carbocycles. The molecule has 1 atom stereocenters. The normalized spacial score (nSPS) is 12.9. The molecular weight excluding hydrogens is 254 g/mol. The fourth-order valence-corrected chi connectivity index (χ4v) is 2.86. The molecule has 0 aliphatic heterocycles. The molecule has 1 N–H and O–H groups in total. The van der Waals surface area contributed by atoms with Crippen LogP contribution in [0.25, 0.3) is 0 Å². The molecule has 0 fully saturated rings. The Morgan fingerprint density at radius 3 is 2.94 bits per heavy atom. The molecule has 5 heteroatoms. The smallest absolute Gasteiger partial charge is 0.0837 e. The van der Waals surface area contributed by atoms with Gasteiger partial charge in [0.15, 0.2) is 0 Å². The van der Waals surface area contributed by atoms with Gasteiger partial charge in [0, 0.05) is 6.54 Å². The lowest BCUT2D eigenvalue weighted by atomic mass is 10.1. The Labute approximate surface area is 110 Å². The number of aryl methyl sites for hydroxylation is 1. The average molecular weight is 270 g/mol. The number of aromatic nitrogens is 2. The van der Waals surface area contributed by atoms with E-state index >= 15 is 0 Å². The molecule has 2 aromatic rings. The first-order chi connectivity index (χ1) is 8.27. The molecule has 0 aliphatic rings. The van der Waals surface area contributed by atoms with Crippen LogP contribution in [0.1, 0.15) is 31.1 Å². The minimum absolute atomic E-state index is 0.126. The Hall–Kier alpha value is -0.840. The average Bonchev–Trinajstić information content (AvgIpc) is 2.95. The number of thiophene rings is 1. The quantitative estimate of drug-likeness (QED) is 0.902. The molecule has 2 heterocycles. The van der Waals surface area contributed by atoms with Gasteiger partial charge in [-0.05, 0) is 35.9 Å². The SMILES string of the molecule is CCNC(c1ccsc1)c1c(Cl)cnn1CC. The van der Waals surface area contributed by atoms with Gasteiger partial charge in [-0.2, -0.15) is 16.4 Å². The van der Waals surface area contributed by atoms with Crippen molar-refractivity contribution in [2.75, 3.05) is 6.54 Å². The summed E-state index contributed by atoms with van der Waals surface area (Å²) < 4.78 is 1.95. The molecular formula is C12H16ClN3S. The van der Waals surface area contributed by atoms with Gasteiger partial charge in [-0.15, -0.1) is 0 Å². The topological polar surface area (TPSA) is 29.9 Å². The lowest BCUT2D eigenvalue weighted by Crippen LogP contribution is -2.24. The second-order valence-electron chi connectivity index (χ2n) is 3.74. The lowest BCUT2D eigenvalue weighted by Gasteiger charge is -2.18. The Bertz CT molecular complexity index is 464. The first-order valence-electron chi connectivity index (χ1n) is 5.74. The van der Waals surface area contributed by atoms with Gasteiger partial charge in [-0.25, -0.2) is 0 Å². The fraction of sp³-hybridized carbons (Fsp3) is 0.417. The Balaban J connectivity index is 2.42. The van der Waals surface area contributed by atoms with Crippen LogP contribution in [0.5, 0.6) is 0 Å². The monoisotopic (exact) mass is 269 g/mol. The fourth-order valence-electron chi connectivity index (χ4n) is 1.93. The number of halogens is 1. The van der Waals surface area contributed by atoms with Gasteiger partial charge in [0.25, 0.3) is 0 Å². The molecule has 0 bridgehead atoms. The second kappa shape index (κ2) is 5.67. The van der Waals surface area contributed by atoms with E-state index in [9.17, 15) is 0 Å². The zero-order valence-electron chi connectivity index (χ0n) is 9.98. The molecule has 0 spiro atoms. The van der Waals surface area contributed by atoms with Crippen LogP contribution in [0.2, 0.25) is 5.02 Å². The Morgan fingerprint density at radius 2 is 2.35 bits per heavy atom. The van der Waals surface area contributed by atoms with E-state index in [0.717, 1.165) is 23.8 Å². The van der Waals surface area contributed by atoms with E-state index in [1.807, 2.05) is 4.68 Å². The minimum atomic E-state index is 0.126. The van der Waals surface area contributed by atoms with Crippen molar-refractivity contribution < 1.29 is 0 Å². The van der Waals surface area contributed by atoms with E-state index in [-0.39, 0.29) is 6.04 Å². The summed E-state index contributed by atoms with van der Waals surface area (Å²) in [7, 11) is 0. The molecule has 0 amide bonds. The van der Waals surface area contributed by atoms with E-state index in [0.29, 0.717) is 0 Å². The number of nitrogens with one attached hydrogen (secondary N) is 1. The number of hydrogen-bond acceptors (Lipinski definition) is 3. The third-order valence-electron chi connectivity index (χ3n) is 2.69. The molecule has 0 radical (unpaired) electrons. The largest absolute Gasteiger partial charge is 0.305 e. The summed E-state index contributed by atoms with van der Waals surface area (Å²) >= 11 is 7.95. The summed E-state index contributed by atoms with van der Waals surface area (Å²) in [4.78, 5) is 0. The molecule has 0 aromatic carbocycles. The zero-order chi connectivity index (χ0) is 12.3. The van der Waals surface area contributed by atoms with E-state index < -0.39 is 0 Å². The summed E-state index contributed by atoms with van der Waals surface area (Å²) in [6, 6.07) is 2.25. The van der Waals surface area contributed by atoms with Gasteiger partial charge in [-0.1, -0.05) is 18.5 Å². The highest BCUT2D eigenvalue weighted by Crippen LogP contribution is 2.29. The highest BCUT2D eigenvalue weighted by Gasteiger charge is 2.21. The van der Waals surface area contributed by atoms with Crippen LogP contribution in [-0.2, 0) is 6.54 Å². The second-order valence-corrected chi connectivity index (χ2v) is 4.93. The predicted molar refractivity (Wildman–Crippen MR) is 72.7 cm³/mol. The maximum atomic E-state index is 6.25. The van der Waals surface area contributed by atoms with Crippen molar-refractivity contribution >= 4 is 22.9 Å². The minimum Gasteiger partial charge on any atom is -0.305 e. The van der Waals surface area contributed by atoms with Gasteiger partial charge in [0.05, 0.1) is 23.0 Å². The van der Waals surface area contributed by atoms with Crippen LogP contribution in [0.4, 0.5) is 0 Å².